The number of carbonyl (C=O) groups is 2. The number of carbonyl (C=O) groups excluding carboxylic acids is 2. The molecule has 0 saturated carbocycles. The third-order valence-corrected chi connectivity index (χ3v) is 2.61. The molecule has 1 aromatic rings. The van der Waals surface area contributed by atoms with E-state index in [4.69, 9.17) is 9.88 Å². The first-order valence-corrected chi connectivity index (χ1v) is 5.46. The van der Waals surface area contributed by atoms with Gasteiger partial charge in [-0.1, -0.05) is 19.1 Å². The largest absolute Gasteiger partial charge is 0.288 e. The Morgan fingerprint density at radius 3 is 2.18 bits per heavy atom. The fraction of sp³-hybridized carbons (Fsp3) is 0.333. The number of fused-ring (bicyclic) bond motifs is 1. The minimum atomic E-state index is -0.492. The minimum Gasteiger partial charge on any atom is -0.266 e. The maximum Gasteiger partial charge on any atom is 0.288 e. The summed E-state index contributed by atoms with van der Waals surface area (Å²) in [6.45, 7) is 3.70. The highest BCUT2D eigenvalue weighted by Crippen LogP contribution is 2.22. The number of hydrogen-bond acceptors (Lipinski definition) is 4. The molecule has 0 fully saturated rings. The zero-order valence-electron chi connectivity index (χ0n) is 9.67. The molecule has 90 valence electrons. The first kappa shape index (κ1) is 11.8. The van der Waals surface area contributed by atoms with Crippen molar-refractivity contribution < 1.29 is 19.5 Å². The summed E-state index contributed by atoms with van der Waals surface area (Å²) in [5.74, 6) is -0.984. The molecule has 5 nitrogen and oxygen atoms in total. The number of imide groups is 1. The van der Waals surface area contributed by atoms with Crippen molar-refractivity contribution in [2.75, 3.05) is 0 Å². The first-order valence-electron chi connectivity index (χ1n) is 5.46. The van der Waals surface area contributed by atoms with Crippen LogP contribution < -0.4 is 0 Å². The SMILES string of the molecule is CCC(C)OON1C(=O)c2ccccc2C1=O. The number of rotatable bonds is 4. The van der Waals surface area contributed by atoms with Crippen LogP contribution in [0.1, 0.15) is 41.0 Å². The van der Waals surface area contributed by atoms with E-state index in [1.807, 2.05) is 6.92 Å². The van der Waals surface area contributed by atoms with Crippen molar-refractivity contribution in [1.82, 2.24) is 5.06 Å². The Balaban J connectivity index is 2.13. The lowest BCUT2D eigenvalue weighted by molar-refractivity contribution is -0.404. The molecular formula is C12H13NO4. The Kier molecular flexibility index (Phi) is 3.21. The topological polar surface area (TPSA) is 55.8 Å². The molecule has 1 heterocycles. The quantitative estimate of drug-likeness (QED) is 0.454. The molecular weight excluding hydrogens is 222 g/mol. The van der Waals surface area contributed by atoms with Crippen LogP contribution in [-0.2, 0) is 9.88 Å². The van der Waals surface area contributed by atoms with Crippen LogP contribution in [0, 0.1) is 0 Å². The van der Waals surface area contributed by atoms with Crippen molar-refractivity contribution in [2.24, 2.45) is 0 Å². The summed E-state index contributed by atoms with van der Waals surface area (Å²) in [4.78, 5) is 33.3. The van der Waals surface area contributed by atoms with Gasteiger partial charge in [0.25, 0.3) is 11.8 Å². The summed E-state index contributed by atoms with van der Waals surface area (Å²) < 4.78 is 0. The van der Waals surface area contributed by atoms with Crippen LogP contribution in [0.3, 0.4) is 0 Å². The zero-order chi connectivity index (χ0) is 12.4. The molecule has 1 aromatic carbocycles. The summed E-state index contributed by atoms with van der Waals surface area (Å²) in [6, 6.07) is 6.57. The lowest BCUT2D eigenvalue weighted by Gasteiger charge is -2.14. The van der Waals surface area contributed by atoms with Gasteiger partial charge in [-0.25, -0.2) is 4.89 Å². The van der Waals surface area contributed by atoms with Crippen LogP contribution in [0.4, 0.5) is 0 Å². The Labute approximate surface area is 98.8 Å². The van der Waals surface area contributed by atoms with Crippen LogP contribution in [0.5, 0.6) is 0 Å². The molecule has 5 heteroatoms. The van der Waals surface area contributed by atoms with Gasteiger partial charge in [0, 0.05) is 0 Å². The predicted molar refractivity (Wildman–Crippen MR) is 58.9 cm³/mol. The lowest BCUT2D eigenvalue weighted by Crippen LogP contribution is -2.31. The monoisotopic (exact) mass is 235 g/mol. The van der Waals surface area contributed by atoms with Gasteiger partial charge in [-0.3, -0.25) is 9.59 Å². The molecule has 0 aromatic heterocycles. The second-order valence-corrected chi connectivity index (χ2v) is 3.84. The summed E-state index contributed by atoms with van der Waals surface area (Å²) in [5.41, 5.74) is 0.676. The fourth-order valence-electron chi connectivity index (χ4n) is 1.42. The average molecular weight is 235 g/mol. The van der Waals surface area contributed by atoms with Gasteiger partial charge in [0.2, 0.25) is 0 Å². The molecule has 1 aliphatic heterocycles. The van der Waals surface area contributed by atoms with Crippen LogP contribution in [-0.4, -0.2) is 23.0 Å². The Morgan fingerprint density at radius 1 is 1.18 bits per heavy atom. The van der Waals surface area contributed by atoms with E-state index in [0.29, 0.717) is 16.2 Å². The van der Waals surface area contributed by atoms with Crippen molar-refractivity contribution >= 4 is 11.8 Å². The average Bonchev–Trinajstić information content (AvgIpc) is 2.60. The number of nitrogens with zero attached hydrogens (tertiary/aromatic N) is 1. The molecule has 1 aliphatic rings. The molecule has 1 unspecified atom stereocenters. The van der Waals surface area contributed by atoms with E-state index in [9.17, 15) is 9.59 Å². The van der Waals surface area contributed by atoms with Gasteiger partial charge in [0.05, 0.1) is 17.2 Å². The number of benzene rings is 1. The van der Waals surface area contributed by atoms with E-state index < -0.39 is 11.8 Å². The number of hydrogen-bond donors (Lipinski definition) is 0. The van der Waals surface area contributed by atoms with Crippen LogP contribution in [0.2, 0.25) is 0 Å². The maximum absolute atomic E-state index is 11.8. The minimum absolute atomic E-state index is 0.181. The van der Waals surface area contributed by atoms with E-state index >= 15 is 0 Å². The summed E-state index contributed by atoms with van der Waals surface area (Å²) in [6.07, 6.45) is 0.544. The van der Waals surface area contributed by atoms with Crippen molar-refractivity contribution in [3.8, 4) is 0 Å². The highest BCUT2D eigenvalue weighted by molar-refractivity contribution is 6.20. The van der Waals surface area contributed by atoms with Gasteiger partial charge in [-0.2, -0.15) is 0 Å². The van der Waals surface area contributed by atoms with E-state index in [1.54, 1.807) is 31.2 Å². The molecule has 0 aliphatic carbocycles. The van der Waals surface area contributed by atoms with Gasteiger partial charge < -0.3 is 0 Å². The Morgan fingerprint density at radius 2 is 1.71 bits per heavy atom. The van der Waals surface area contributed by atoms with Crippen LogP contribution in [0.15, 0.2) is 24.3 Å². The maximum atomic E-state index is 11.8. The van der Waals surface area contributed by atoms with Gasteiger partial charge in [0.15, 0.2) is 0 Å². The van der Waals surface area contributed by atoms with Crippen LogP contribution in [0.25, 0.3) is 0 Å². The molecule has 2 amide bonds. The third-order valence-electron chi connectivity index (χ3n) is 2.61. The van der Waals surface area contributed by atoms with Gasteiger partial charge >= 0.3 is 0 Å². The van der Waals surface area contributed by atoms with Gasteiger partial charge in [-0.05, 0) is 25.5 Å². The Hall–Kier alpha value is -1.72. The van der Waals surface area contributed by atoms with Crippen molar-refractivity contribution in [3.05, 3.63) is 35.4 Å². The zero-order valence-corrected chi connectivity index (χ0v) is 9.67. The van der Waals surface area contributed by atoms with E-state index in [-0.39, 0.29) is 6.10 Å². The lowest BCUT2D eigenvalue weighted by atomic mass is 10.1. The molecule has 0 spiro atoms. The van der Waals surface area contributed by atoms with Gasteiger partial charge in [-0.15, -0.1) is 10.1 Å². The predicted octanol–water partition coefficient (Wildman–Crippen LogP) is 1.94. The first-order chi connectivity index (χ1) is 8.15. The summed E-state index contributed by atoms with van der Waals surface area (Å²) in [7, 11) is 0. The molecule has 0 N–H and O–H groups in total. The highest BCUT2D eigenvalue weighted by atomic mass is 17.3. The normalized spacial score (nSPS) is 16.2. The second kappa shape index (κ2) is 4.65. The second-order valence-electron chi connectivity index (χ2n) is 3.84. The molecule has 0 saturated heterocycles. The van der Waals surface area contributed by atoms with Crippen molar-refractivity contribution in [2.45, 2.75) is 26.4 Å². The molecule has 2 rings (SSSR count). The van der Waals surface area contributed by atoms with E-state index in [0.717, 1.165) is 6.42 Å². The Bertz CT molecular complexity index is 423. The standard InChI is InChI=1S/C12H13NO4/c1-3-8(2)16-17-13-11(14)9-6-4-5-7-10(9)12(13)15/h4-8H,3H2,1-2H3. The third kappa shape index (κ3) is 2.07. The summed E-state index contributed by atoms with van der Waals surface area (Å²) in [5, 5.41) is 0.650. The molecule has 17 heavy (non-hydrogen) atoms. The molecule has 0 radical (unpaired) electrons. The fourth-order valence-corrected chi connectivity index (χ4v) is 1.42. The smallest absolute Gasteiger partial charge is 0.266 e. The van der Waals surface area contributed by atoms with Gasteiger partial charge in [0.1, 0.15) is 0 Å². The number of hydroxylamine groups is 2. The molecule has 0 bridgehead atoms. The van der Waals surface area contributed by atoms with Crippen LogP contribution >= 0.6 is 0 Å². The number of amides is 2. The summed E-state index contributed by atoms with van der Waals surface area (Å²) >= 11 is 0. The molecule has 1 atom stereocenters. The van der Waals surface area contributed by atoms with Crippen molar-refractivity contribution in [3.63, 3.8) is 0 Å². The van der Waals surface area contributed by atoms with E-state index in [1.165, 1.54) is 0 Å². The van der Waals surface area contributed by atoms with Crippen molar-refractivity contribution in [1.29, 1.82) is 0 Å². The van der Waals surface area contributed by atoms with E-state index in [2.05, 4.69) is 0 Å². The highest BCUT2D eigenvalue weighted by Gasteiger charge is 2.37.